The van der Waals surface area contributed by atoms with E-state index in [0.717, 1.165) is 4.88 Å². The van der Waals surface area contributed by atoms with Crippen molar-refractivity contribution in [2.75, 3.05) is 11.1 Å². The molecule has 0 radical (unpaired) electrons. The molecule has 0 aliphatic carbocycles. The molecule has 1 aromatic carbocycles. The Morgan fingerprint density at radius 3 is 2.86 bits per heavy atom. The van der Waals surface area contributed by atoms with Crippen molar-refractivity contribution in [3.63, 3.8) is 0 Å². The maximum absolute atomic E-state index is 12.1. The van der Waals surface area contributed by atoms with Crippen LogP contribution in [0.15, 0.2) is 29.6 Å². The topological polar surface area (TPSA) is 64.3 Å². The van der Waals surface area contributed by atoms with Gasteiger partial charge in [0.05, 0.1) is 23.0 Å². The average molecular weight is 345 g/mol. The minimum atomic E-state index is -0.627. The number of nitrogens with one attached hydrogen (secondary N) is 1. The first kappa shape index (κ1) is 16.1. The smallest absolute Gasteiger partial charge is 0.253 e. The predicted molar refractivity (Wildman–Crippen MR) is 88.1 cm³/mol. The second kappa shape index (κ2) is 7.13. The number of carbonyl (C=O) groups excluding carboxylic acids is 1. The molecule has 1 heterocycles. The van der Waals surface area contributed by atoms with E-state index < -0.39 is 6.10 Å². The summed E-state index contributed by atoms with van der Waals surface area (Å²) in [7, 11) is 0. The third-order valence-corrected chi connectivity index (χ3v) is 4.12. The van der Waals surface area contributed by atoms with E-state index in [2.05, 4.69) is 5.32 Å². The van der Waals surface area contributed by atoms with Crippen molar-refractivity contribution in [3.05, 3.63) is 44.6 Å². The Labute approximate surface area is 136 Å². The van der Waals surface area contributed by atoms with Crippen LogP contribution in [0.1, 0.15) is 11.8 Å². The van der Waals surface area contributed by atoms with Gasteiger partial charge in [0.15, 0.2) is 0 Å². The highest BCUT2D eigenvalue weighted by Gasteiger charge is 2.17. The Balaban J connectivity index is 1.97. The number of nitrogen functional groups attached to an aromatic ring is 1. The summed E-state index contributed by atoms with van der Waals surface area (Å²) in [5.74, 6) is -0.317. The molecule has 112 valence electrons. The van der Waals surface area contributed by atoms with Crippen molar-refractivity contribution < 1.29 is 9.53 Å². The van der Waals surface area contributed by atoms with Crippen LogP contribution in [0.5, 0.6) is 0 Å². The summed E-state index contributed by atoms with van der Waals surface area (Å²) in [5.41, 5.74) is 6.46. The number of ether oxygens (including phenoxy) is 1. The van der Waals surface area contributed by atoms with E-state index in [0.29, 0.717) is 28.0 Å². The standard InChI is InChI=1S/C14H14Cl2N2O2S/c1-8(20-7-10-3-2-4-21-10)14(19)18-13-11(16)5-9(15)6-12(13)17/h2-6,8H,7,17H2,1H3,(H,18,19). The minimum absolute atomic E-state index is 0.291. The fourth-order valence-electron chi connectivity index (χ4n) is 1.63. The lowest BCUT2D eigenvalue weighted by Crippen LogP contribution is -2.28. The largest absolute Gasteiger partial charge is 0.397 e. The van der Waals surface area contributed by atoms with E-state index in [1.807, 2.05) is 17.5 Å². The molecule has 1 atom stereocenters. The molecule has 0 aliphatic heterocycles. The summed E-state index contributed by atoms with van der Waals surface area (Å²) in [6, 6.07) is 6.93. The van der Waals surface area contributed by atoms with Crippen LogP contribution in [0.25, 0.3) is 0 Å². The van der Waals surface area contributed by atoms with Crippen molar-refractivity contribution in [2.45, 2.75) is 19.6 Å². The zero-order chi connectivity index (χ0) is 15.4. The van der Waals surface area contributed by atoms with Gasteiger partial charge in [0.1, 0.15) is 6.10 Å². The van der Waals surface area contributed by atoms with E-state index in [1.165, 1.54) is 12.1 Å². The molecule has 4 nitrogen and oxygen atoms in total. The quantitative estimate of drug-likeness (QED) is 0.799. The van der Waals surface area contributed by atoms with Crippen LogP contribution >= 0.6 is 34.5 Å². The van der Waals surface area contributed by atoms with Gasteiger partial charge in [-0.1, -0.05) is 29.3 Å². The molecule has 0 fully saturated rings. The lowest BCUT2D eigenvalue weighted by Gasteiger charge is -2.15. The molecule has 21 heavy (non-hydrogen) atoms. The lowest BCUT2D eigenvalue weighted by atomic mass is 10.2. The second-order valence-electron chi connectivity index (χ2n) is 4.37. The van der Waals surface area contributed by atoms with Gasteiger partial charge in [-0.05, 0) is 30.5 Å². The molecular weight excluding hydrogens is 331 g/mol. The molecule has 2 aromatic rings. The van der Waals surface area contributed by atoms with Gasteiger partial charge < -0.3 is 15.8 Å². The second-order valence-corrected chi connectivity index (χ2v) is 6.25. The fraction of sp³-hybridized carbons (Fsp3) is 0.214. The van der Waals surface area contributed by atoms with Gasteiger partial charge in [-0.3, -0.25) is 4.79 Å². The molecule has 0 spiro atoms. The number of hydrogen-bond acceptors (Lipinski definition) is 4. The Bertz CT molecular complexity index is 609. The summed E-state index contributed by atoms with van der Waals surface area (Å²) in [6.45, 7) is 2.05. The van der Waals surface area contributed by atoms with Crippen LogP contribution in [0.3, 0.4) is 0 Å². The first-order chi connectivity index (χ1) is 9.97. The normalized spacial score (nSPS) is 12.1. The van der Waals surface area contributed by atoms with Crippen LogP contribution in [0.4, 0.5) is 11.4 Å². The molecule has 1 unspecified atom stereocenters. The van der Waals surface area contributed by atoms with Gasteiger partial charge >= 0.3 is 0 Å². The number of anilines is 2. The molecule has 1 aromatic heterocycles. The number of nitrogens with two attached hydrogens (primary N) is 1. The maximum Gasteiger partial charge on any atom is 0.253 e. The van der Waals surface area contributed by atoms with Crippen LogP contribution < -0.4 is 11.1 Å². The van der Waals surface area contributed by atoms with Gasteiger partial charge in [0, 0.05) is 9.90 Å². The molecule has 1 amide bonds. The minimum Gasteiger partial charge on any atom is -0.397 e. The molecule has 0 saturated carbocycles. The van der Waals surface area contributed by atoms with Crippen molar-refractivity contribution in [3.8, 4) is 0 Å². The molecule has 2 rings (SSSR count). The number of amides is 1. The number of rotatable bonds is 5. The van der Waals surface area contributed by atoms with Crippen molar-refractivity contribution in [1.29, 1.82) is 0 Å². The van der Waals surface area contributed by atoms with Crippen molar-refractivity contribution in [1.82, 2.24) is 0 Å². The SMILES string of the molecule is CC(OCc1cccs1)C(=O)Nc1c(N)cc(Cl)cc1Cl. The first-order valence-corrected chi connectivity index (χ1v) is 7.80. The Hall–Kier alpha value is -1.27. The van der Waals surface area contributed by atoms with Crippen molar-refractivity contribution in [2.24, 2.45) is 0 Å². The zero-order valence-corrected chi connectivity index (χ0v) is 13.6. The van der Waals surface area contributed by atoms with E-state index in [-0.39, 0.29) is 5.91 Å². The Morgan fingerprint density at radius 2 is 2.24 bits per heavy atom. The van der Waals surface area contributed by atoms with Gasteiger partial charge in [-0.25, -0.2) is 0 Å². The molecule has 0 aliphatic rings. The summed E-state index contributed by atoms with van der Waals surface area (Å²) in [5, 5.41) is 5.32. The average Bonchev–Trinajstić information content (AvgIpc) is 2.93. The maximum atomic E-state index is 12.1. The third-order valence-electron chi connectivity index (χ3n) is 2.76. The number of carbonyl (C=O) groups is 1. The molecule has 7 heteroatoms. The summed E-state index contributed by atoms with van der Waals surface area (Å²) >= 11 is 13.4. The van der Waals surface area contributed by atoms with Crippen LogP contribution in [-0.4, -0.2) is 12.0 Å². The van der Waals surface area contributed by atoms with Crippen LogP contribution in [0.2, 0.25) is 10.0 Å². The fourth-order valence-corrected chi connectivity index (χ4v) is 2.81. The molecule has 0 bridgehead atoms. The Morgan fingerprint density at radius 1 is 1.48 bits per heavy atom. The third kappa shape index (κ3) is 4.35. The molecule has 0 saturated heterocycles. The zero-order valence-electron chi connectivity index (χ0n) is 11.2. The van der Waals surface area contributed by atoms with Crippen molar-refractivity contribution >= 4 is 51.8 Å². The molecular formula is C14H14Cl2N2O2S. The Kier molecular flexibility index (Phi) is 5.47. The van der Waals surface area contributed by atoms with E-state index in [4.69, 9.17) is 33.7 Å². The van der Waals surface area contributed by atoms with Gasteiger partial charge in [0.2, 0.25) is 0 Å². The summed E-state index contributed by atoms with van der Waals surface area (Å²) in [4.78, 5) is 13.1. The number of hydrogen-bond donors (Lipinski definition) is 2. The van der Waals surface area contributed by atoms with E-state index >= 15 is 0 Å². The summed E-state index contributed by atoms with van der Waals surface area (Å²) < 4.78 is 5.51. The first-order valence-electron chi connectivity index (χ1n) is 6.16. The number of halogens is 2. The monoisotopic (exact) mass is 344 g/mol. The highest BCUT2D eigenvalue weighted by Crippen LogP contribution is 2.32. The number of benzene rings is 1. The number of thiophene rings is 1. The summed E-state index contributed by atoms with van der Waals surface area (Å²) in [6.07, 6.45) is -0.627. The molecule has 3 N–H and O–H groups in total. The van der Waals surface area contributed by atoms with Crippen LogP contribution in [0, 0.1) is 0 Å². The van der Waals surface area contributed by atoms with Crippen LogP contribution in [-0.2, 0) is 16.1 Å². The van der Waals surface area contributed by atoms with E-state index in [9.17, 15) is 4.79 Å². The predicted octanol–water partition coefficient (Wildman–Crippen LogP) is 4.18. The van der Waals surface area contributed by atoms with Gasteiger partial charge in [-0.2, -0.15) is 0 Å². The van der Waals surface area contributed by atoms with Gasteiger partial charge in [0.25, 0.3) is 5.91 Å². The van der Waals surface area contributed by atoms with E-state index in [1.54, 1.807) is 18.3 Å². The van der Waals surface area contributed by atoms with Gasteiger partial charge in [-0.15, -0.1) is 11.3 Å². The highest BCUT2D eigenvalue weighted by molar-refractivity contribution is 7.09. The highest BCUT2D eigenvalue weighted by atomic mass is 35.5. The lowest BCUT2D eigenvalue weighted by molar-refractivity contribution is -0.127.